The Morgan fingerprint density at radius 2 is 1.76 bits per heavy atom. The van der Waals surface area contributed by atoms with E-state index in [1.54, 1.807) is 0 Å². The average molecular weight is 282 g/mol. The van der Waals surface area contributed by atoms with Crippen LogP contribution in [0.15, 0.2) is 6.33 Å². The summed E-state index contributed by atoms with van der Waals surface area (Å²) in [7, 11) is 0. The number of alkyl halides is 6. The van der Waals surface area contributed by atoms with E-state index in [0.717, 1.165) is 0 Å². The molecule has 1 aromatic heterocycles. The molecule has 0 radical (unpaired) electrons. The molecule has 0 saturated carbocycles. The molecule has 1 heterocycles. The summed E-state index contributed by atoms with van der Waals surface area (Å²) in [4.78, 5) is 8.97. The van der Waals surface area contributed by atoms with Crippen LogP contribution in [0.3, 0.4) is 0 Å². The second-order valence-corrected chi connectivity index (χ2v) is 2.92. The highest BCUT2D eigenvalue weighted by Gasteiger charge is 2.66. The van der Waals surface area contributed by atoms with Crippen LogP contribution in [0.5, 0.6) is 6.01 Å². The van der Waals surface area contributed by atoms with Crippen molar-refractivity contribution in [2.75, 3.05) is 0 Å². The summed E-state index contributed by atoms with van der Waals surface area (Å²) in [6, 6.07) is -1.30. The first-order valence-corrected chi connectivity index (χ1v) is 4.12. The maximum Gasteiger partial charge on any atom is 0.466 e. The summed E-state index contributed by atoms with van der Waals surface area (Å²) in [5.41, 5.74) is 0. The van der Waals surface area contributed by atoms with Crippen molar-refractivity contribution in [2.45, 2.75) is 18.5 Å². The monoisotopic (exact) mass is 281 g/mol. The van der Waals surface area contributed by atoms with Crippen molar-refractivity contribution >= 4 is 11.6 Å². The summed E-state index contributed by atoms with van der Waals surface area (Å²) in [5.74, 6) is -5.21. The Bertz CT molecular complexity index is 402. The van der Waals surface area contributed by atoms with Crippen molar-refractivity contribution in [3.63, 3.8) is 0 Å². The third kappa shape index (κ3) is 2.87. The first-order valence-electron chi connectivity index (χ1n) is 3.74. The maximum absolute atomic E-state index is 13.0. The molecule has 0 N–H and O–H groups in total. The molecule has 0 spiro atoms. The first-order chi connectivity index (χ1) is 7.67. The minimum atomic E-state index is -5.96. The van der Waals surface area contributed by atoms with Gasteiger partial charge in [-0.1, -0.05) is 0 Å². The largest absolute Gasteiger partial charge is 0.466 e. The standard InChI is InChI=1S/C6H2ClF6N3O/c7-3-14-1-15-4(16-3)17-5(10,2(8)9)6(11,12)13/h1-2H. The van der Waals surface area contributed by atoms with Crippen LogP contribution in [0.4, 0.5) is 26.3 Å². The fourth-order valence-corrected chi connectivity index (χ4v) is 0.787. The summed E-state index contributed by atoms with van der Waals surface area (Å²) in [6.45, 7) is 0. The van der Waals surface area contributed by atoms with Gasteiger partial charge in [0.25, 0.3) is 0 Å². The summed E-state index contributed by atoms with van der Waals surface area (Å²) < 4.78 is 76.7. The van der Waals surface area contributed by atoms with Gasteiger partial charge < -0.3 is 4.74 Å². The normalized spacial score (nSPS) is 15.8. The number of hydrogen-bond donors (Lipinski definition) is 0. The molecule has 17 heavy (non-hydrogen) atoms. The van der Waals surface area contributed by atoms with E-state index in [4.69, 9.17) is 11.6 Å². The number of halogens is 7. The Kier molecular flexibility index (Phi) is 3.65. The zero-order valence-corrected chi connectivity index (χ0v) is 8.31. The van der Waals surface area contributed by atoms with Crippen LogP contribution < -0.4 is 4.74 Å². The van der Waals surface area contributed by atoms with Crippen LogP contribution in [0.25, 0.3) is 0 Å². The molecule has 0 fully saturated rings. The summed E-state index contributed by atoms with van der Waals surface area (Å²) >= 11 is 5.13. The van der Waals surface area contributed by atoms with Crippen LogP contribution in [0, 0.1) is 0 Å². The second-order valence-electron chi connectivity index (χ2n) is 2.58. The zero-order chi connectivity index (χ0) is 13.3. The van der Waals surface area contributed by atoms with Crippen LogP contribution in [0.1, 0.15) is 0 Å². The lowest BCUT2D eigenvalue weighted by Crippen LogP contribution is -2.52. The lowest BCUT2D eigenvalue weighted by atomic mass is 10.3. The molecule has 96 valence electrons. The zero-order valence-electron chi connectivity index (χ0n) is 7.55. The fraction of sp³-hybridized carbons (Fsp3) is 0.500. The molecule has 1 atom stereocenters. The van der Waals surface area contributed by atoms with E-state index in [0.29, 0.717) is 6.33 Å². The lowest BCUT2D eigenvalue weighted by molar-refractivity contribution is -0.341. The van der Waals surface area contributed by atoms with Crippen molar-refractivity contribution in [2.24, 2.45) is 0 Å². The van der Waals surface area contributed by atoms with Gasteiger partial charge in [0.05, 0.1) is 0 Å². The van der Waals surface area contributed by atoms with Crippen LogP contribution in [-0.4, -0.2) is 33.4 Å². The number of nitrogens with zero attached hydrogens (tertiary/aromatic N) is 3. The van der Waals surface area contributed by atoms with Gasteiger partial charge in [-0.25, -0.2) is 13.8 Å². The van der Waals surface area contributed by atoms with Crippen LogP contribution in [0.2, 0.25) is 5.28 Å². The third-order valence-corrected chi connectivity index (χ3v) is 1.61. The molecule has 0 bridgehead atoms. The molecule has 4 nitrogen and oxygen atoms in total. The topological polar surface area (TPSA) is 47.9 Å². The van der Waals surface area contributed by atoms with E-state index in [-0.39, 0.29) is 0 Å². The molecule has 1 aromatic rings. The van der Waals surface area contributed by atoms with Gasteiger partial charge in [0.1, 0.15) is 6.33 Å². The van der Waals surface area contributed by atoms with Crippen LogP contribution >= 0.6 is 11.6 Å². The Hall–Kier alpha value is -1.32. The highest BCUT2D eigenvalue weighted by Crippen LogP contribution is 2.39. The van der Waals surface area contributed by atoms with Gasteiger partial charge in [-0.05, 0) is 11.6 Å². The van der Waals surface area contributed by atoms with Crippen molar-refractivity contribution < 1.29 is 31.1 Å². The molecule has 1 rings (SSSR count). The average Bonchev–Trinajstić information content (AvgIpc) is 2.15. The molecular weight excluding hydrogens is 280 g/mol. The van der Waals surface area contributed by atoms with Gasteiger partial charge in [0, 0.05) is 0 Å². The van der Waals surface area contributed by atoms with Gasteiger partial charge in [0.15, 0.2) is 0 Å². The number of hydrogen-bond acceptors (Lipinski definition) is 4. The summed E-state index contributed by atoms with van der Waals surface area (Å²) in [5, 5.41) is -0.631. The summed E-state index contributed by atoms with van der Waals surface area (Å²) in [6.07, 6.45) is -9.86. The van der Waals surface area contributed by atoms with Gasteiger partial charge in [-0.15, -0.1) is 0 Å². The van der Waals surface area contributed by atoms with E-state index in [1.807, 2.05) is 0 Å². The smallest absolute Gasteiger partial charge is 0.413 e. The predicted octanol–water partition coefficient (Wildman–Crippen LogP) is 2.40. The van der Waals surface area contributed by atoms with E-state index < -0.39 is 29.8 Å². The minimum Gasteiger partial charge on any atom is -0.413 e. The second kappa shape index (κ2) is 4.51. The van der Waals surface area contributed by atoms with Gasteiger partial charge in [0.2, 0.25) is 5.28 Å². The van der Waals surface area contributed by atoms with E-state index >= 15 is 0 Å². The Morgan fingerprint density at radius 3 is 2.18 bits per heavy atom. The van der Waals surface area contributed by atoms with Crippen molar-refractivity contribution in [1.29, 1.82) is 0 Å². The Morgan fingerprint density at radius 1 is 1.18 bits per heavy atom. The quantitative estimate of drug-likeness (QED) is 0.798. The van der Waals surface area contributed by atoms with E-state index in [9.17, 15) is 26.3 Å². The highest BCUT2D eigenvalue weighted by molar-refractivity contribution is 6.28. The molecule has 0 aliphatic carbocycles. The third-order valence-electron chi connectivity index (χ3n) is 1.43. The van der Waals surface area contributed by atoms with Crippen LogP contribution in [-0.2, 0) is 0 Å². The molecular formula is C6H2ClF6N3O. The number of rotatable bonds is 3. The number of ether oxygens (including phenoxy) is 1. The molecule has 11 heteroatoms. The van der Waals surface area contributed by atoms with Crippen molar-refractivity contribution in [3.05, 3.63) is 11.6 Å². The first kappa shape index (κ1) is 13.7. The molecule has 0 aliphatic rings. The molecule has 0 aromatic carbocycles. The van der Waals surface area contributed by atoms with Gasteiger partial charge in [-0.2, -0.15) is 27.5 Å². The van der Waals surface area contributed by atoms with E-state index in [2.05, 4.69) is 19.7 Å². The van der Waals surface area contributed by atoms with Crippen molar-refractivity contribution in [1.82, 2.24) is 15.0 Å². The highest BCUT2D eigenvalue weighted by atomic mass is 35.5. The maximum atomic E-state index is 13.0. The molecule has 0 aliphatic heterocycles. The fourth-order valence-electron chi connectivity index (χ4n) is 0.671. The van der Waals surface area contributed by atoms with E-state index in [1.165, 1.54) is 0 Å². The molecule has 0 saturated heterocycles. The molecule has 1 unspecified atom stereocenters. The molecule has 0 amide bonds. The van der Waals surface area contributed by atoms with Crippen molar-refractivity contribution in [3.8, 4) is 6.01 Å². The van der Waals surface area contributed by atoms with Gasteiger partial charge >= 0.3 is 24.5 Å². The number of aromatic nitrogens is 3. The van der Waals surface area contributed by atoms with Gasteiger partial charge in [-0.3, -0.25) is 0 Å². The Labute approximate surface area is 94.6 Å². The predicted molar refractivity (Wildman–Crippen MR) is 41.4 cm³/mol. The Balaban J connectivity index is 3.04. The lowest BCUT2D eigenvalue weighted by Gasteiger charge is -2.26. The minimum absolute atomic E-state index is 0.576. The SMILES string of the molecule is FC(F)C(F)(Oc1ncnc(Cl)n1)C(F)(F)F.